The summed E-state index contributed by atoms with van der Waals surface area (Å²) in [5.74, 6) is -0.507. The van der Waals surface area contributed by atoms with Crippen molar-refractivity contribution in [2.75, 3.05) is 13.1 Å². The van der Waals surface area contributed by atoms with Crippen LogP contribution < -0.4 is 0 Å². The number of carbonyl (C=O) groups is 3. The molecule has 4 rings (SSSR count). The smallest absolute Gasteiger partial charge is 0.410 e. The van der Waals surface area contributed by atoms with E-state index in [4.69, 9.17) is 4.74 Å². The summed E-state index contributed by atoms with van der Waals surface area (Å²) in [4.78, 5) is 41.4. The largest absolute Gasteiger partial charge is 0.444 e. The lowest BCUT2D eigenvalue weighted by atomic mass is 9.99. The maximum atomic E-state index is 13.1. The molecule has 3 aromatic carbocycles. The molecule has 6 heteroatoms. The number of carbonyl (C=O) groups excluding carboxylic acids is 3. The fourth-order valence-corrected chi connectivity index (χ4v) is 4.34. The molecule has 0 atom stereocenters. The molecular weight excluding hydrogens is 452 g/mol. The predicted octanol–water partition coefficient (Wildman–Crippen LogP) is 6.17. The first-order valence-corrected chi connectivity index (χ1v) is 12.3. The Morgan fingerprint density at radius 3 is 1.94 bits per heavy atom. The average molecular weight is 485 g/mol. The Hall–Kier alpha value is -3.93. The number of unbranched alkanes of at least 4 members (excludes halogenated alkanes) is 1. The second-order valence-corrected chi connectivity index (χ2v) is 9.94. The third-order valence-electron chi connectivity index (χ3n) is 6.05. The average Bonchev–Trinajstić information content (AvgIpc) is 3.10. The lowest BCUT2D eigenvalue weighted by molar-refractivity contribution is 0.0228. The Bertz CT molecular complexity index is 1210. The van der Waals surface area contributed by atoms with Crippen LogP contribution in [0.15, 0.2) is 78.9 Å². The van der Waals surface area contributed by atoms with Gasteiger partial charge in [0.15, 0.2) is 0 Å². The lowest BCUT2D eigenvalue weighted by Gasteiger charge is -2.28. The normalized spacial score (nSPS) is 13.0. The van der Waals surface area contributed by atoms with E-state index in [0.717, 1.165) is 16.7 Å². The molecular formula is C30H32N2O4. The second kappa shape index (κ2) is 10.8. The molecule has 1 heterocycles. The van der Waals surface area contributed by atoms with Crippen molar-refractivity contribution >= 4 is 17.9 Å². The van der Waals surface area contributed by atoms with Gasteiger partial charge in [0.2, 0.25) is 0 Å². The summed E-state index contributed by atoms with van der Waals surface area (Å²) in [7, 11) is 0. The van der Waals surface area contributed by atoms with Gasteiger partial charge >= 0.3 is 6.09 Å². The molecule has 0 saturated carbocycles. The SMILES string of the molecule is CC(C)(C)OC(=O)N(CCCCN1C(=O)c2ccccc2C1=O)Cc1ccccc1-c1ccccc1. The van der Waals surface area contributed by atoms with E-state index in [2.05, 4.69) is 18.2 Å². The highest BCUT2D eigenvalue weighted by Gasteiger charge is 2.34. The molecule has 0 unspecified atom stereocenters. The molecule has 0 radical (unpaired) electrons. The Balaban J connectivity index is 1.44. The number of fused-ring (bicyclic) bond motifs is 1. The first-order chi connectivity index (χ1) is 17.2. The molecule has 1 aliphatic rings. The van der Waals surface area contributed by atoms with Crippen LogP contribution in [-0.4, -0.2) is 46.4 Å². The van der Waals surface area contributed by atoms with E-state index in [1.54, 1.807) is 29.2 Å². The fraction of sp³-hybridized carbons (Fsp3) is 0.300. The Kier molecular flexibility index (Phi) is 7.53. The van der Waals surface area contributed by atoms with Crippen LogP contribution in [0.1, 0.15) is 59.9 Å². The van der Waals surface area contributed by atoms with Crippen molar-refractivity contribution in [3.8, 4) is 11.1 Å². The van der Waals surface area contributed by atoms with E-state index in [9.17, 15) is 14.4 Å². The second-order valence-electron chi connectivity index (χ2n) is 9.94. The first-order valence-electron chi connectivity index (χ1n) is 12.3. The molecule has 3 aromatic rings. The van der Waals surface area contributed by atoms with Gasteiger partial charge in [0.05, 0.1) is 11.1 Å². The topological polar surface area (TPSA) is 66.9 Å². The van der Waals surface area contributed by atoms with Crippen molar-refractivity contribution in [3.05, 3.63) is 95.6 Å². The van der Waals surface area contributed by atoms with E-state index in [1.165, 1.54) is 4.90 Å². The summed E-state index contributed by atoms with van der Waals surface area (Å²) >= 11 is 0. The third-order valence-corrected chi connectivity index (χ3v) is 6.05. The zero-order chi connectivity index (χ0) is 25.7. The first kappa shape index (κ1) is 25.2. The van der Waals surface area contributed by atoms with Gasteiger partial charge in [0.1, 0.15) is 5.60 Å². The summed E-state index contributed by atoms with van der Waals surface area (Å²) in [5, 5.41) is 0. The van der Waals surface area contributed by atoms with Crippen molar-refractivity contribution in [1.29, 1.82) is 0 Å². The highest BCUT2D eigenvalue weighted by atomic mass is 16.6. The van der Waals surface area contributed by atoms with Crippen molar-refractivity contribution in [1.82, 2.24) is 9.80 Å². The van der Waals surface area contributed by atoms with Crippen LogP contribution in [0.2, 0.25) is 0 Å². The summed E-state index contributed by atoms with van der Waals surface area (Å²) < 4.78 is 5.69. The number of hydrogen-bond acceptors (Lipinski definition) is 4. The van der Waals surface area contributed by atoms with Crippen molar-refractivity contribution < 1.29 is 19.1 Å². The van der Waals surface area contributed by atoms with Crippen molar-refractivity contribution in [3.63, 3.8) is 0 Å². The monoisotopic (exact) mass is 484 g/mol. The summed E-state index contributed by atoms with van der Waals surface area (Å²) in [6.07, 6.45) is 0.830. The van der Waals surface area contributed by atoms with Gasteiger partial charge < -0.3 is 9.64 Å². The molecule has 0 spiro atoms. The van der Waals surface area contributed by atoms with Crippen LogP contribution in [-0.2, 0) is 11.3 Å². The number of nitrogens with zero attached hydrogens (tertiary/aromatic N) is 2. The molecule has 0 aromatic heterocycles. The zero-order valence-corrected chi connectivity index (χ0v) is 21.1. The molecule has 1 aliphatic heterocycles. The van der Waals surface area contributed by atoms with Crippen molar-refractivity contribution in [2.24, 2.45) is 0 Å². The van der Waals surface area contributed by atoms with Gasteiger partial charge in [-0.25, -0.2) is 4.79 Å². The standard InChI is InChI=1S/C30H32N2O4/c1-30(2,3)36-29(35)31(21-23-15-7-8-16-24(23)22-13-5-4-6-14-22)19-11-12-20-32-27(33)25-17-9-10-18-26(25)28(32)34/h4-10,13-18H,11-12,19-21H2,1-3H3. The minimum atomic E-state index is -0.617. The summed E-state index contributed by atoms with van der Waals surface area (Å²) in [6, 6.07) is 25.0. The van der Waals surface area contributed by atoms with Gasteiger partial charge in [-0.15, -0.1) is 0 Å². The molecule has 0 saturated heterocycles. The van der Waals surface area contributed by atoms with Gasteiger partial charge in [-0.05, 0) is 62.4 Å². The Labute approximate surface area is 212 Å². The number of amides is 3. The van der Waals surface area contributed by atoms with Gasteiger partial charge in [0, 0.05) is 19.6 Å². The van der Waals surface area contributed by atoms with Crippen LogP contribution in [0.25, 0.3) is 11.1 Å². The number of benzene rings is 3. The lowest BCUT2D eigenvalue weighted by Crippen LogP contribution is -2.37. The van der Waals surface area contributed by atoms with E-state index in [-0.39, 0.29) is 17.9 Å². The van der Waals surface area contributed by atoms with E-state index in [0.29, 0.717) is 43.6 Å². The molecule has 0 fully saturated rings. The Morgan fingerprint density at radius 1 is 0.778 bits per heavy atom. The van der Waals surface area contributed by atoms with E-state index in [1.807, 2.05) is 57.2 Å². The highest BCUT2D eigenvalue weighted by Crippen LogP contribution is 2.26. The van der Waals surface area contributed by atoms with Crippen LogP contribution in [0.4, 0.5) is 4.79 Å². The quantitative estimate of drug-likeness (QED) is 0.283. The zero-order valence-electron chi connectivity index (χ0n) is 21.1. The van der Waals surface area contributed by atoms with Crippen LogP contribution in [0.3, 0.4) is 0 Å². The van der Waals surface area contributed by atoms with Gasteiger partial charge in [-0.3, -0.25) is 14.5 Å². The molecule has 3 amide bonds. The Morgan fingerprint density at radius 2 is 1.33 bits per heavy atom. The molecule has 0 N–H and O–H groups in total. The number of imide groups is 1. The van der Waals surface area contributed by atoms with Gasteiger partial charge in [0.25, 0.3) is 11.8 Å². The molecule has 0 bridgehead atoms. The molecule has 6 nitrogen and oxygen atoms in total. The summed E-state index contributed by atoms with van der Waals surface area (Å²) in [6.45, 7) is 6.71. The van der Waals surface area contributed by atoms with Gasteiger partial charge in [-0.1, -0.05) is 66.7 Å². The summed E-state index contributed by atoms with van der Waals surface area (Å²) in [5.41, 5.74) is 3.47. The van der Waals surface area contributed by atoms with E-state index < -0.39 is 5.60 Å². The molecule has 0 aliphatic carbocycles. The maximum Gasteiger partial charge on any atom is 0.410 e. The van der Waals surface area contributed by atoms with Crippen molar-refractivity contribution in [2.45, 2.75) is 45.8 Å². The number of hydrogen-bond donors (Lipinski definition) is 0. The highest BCUT2D eigenvalue weighted by molar-refractivity contribution is 6.21. The fourth-order valence-electron chi connectivity index (χ4n) is 4.34. The van der Waals surface area contributed by atoms with Crippen LogP contribution >= 0.6 is 0 Å². The number of rotatable bonds is 8. The minimum Gasteiger partial charge on any atom is -0.444 e. The van der Waals surface area contributed by atoms with Crippen LogP contribution in [0, 0.1) is 0 Å². The number of ether oxygens (including phenoxy) is 1. The van der Waals surface area contributed by atoms with E-state index >= 15 is 0 Å². The van der Waals surface area contributed by atoms with Crippen LogP contribution in [0.5, 0.6) is 0 Å². The molecule has 36 heavy (non-hydrogen) atoms. The maximum absolute atomic E-state index is 13.1. The van der Waals surface area contributed by atoms with Gasteiger partial charge in [-0.2, -0.15) is 0 Å². The third kappa shape index (κ3) is 5.82. The molecule has 186 valence electrons. The predicted molar refractivity (Wildman–Crippen MR) is 140 cm³/mol. The minimum absolute atomic E-state index is 0.253.